The zero-order valence-corrected chi connectivity index (χ0v) is 11.8. The van der Waals surface area contributed by atoms with Crippen molar-refractivity contribution in [1.82, 2.24) is 14.8 Å². The van der Waals surface area contributed by atoms with Crippen LogP contribution in [-0.2, 0) is 0 Å². The Bertz CT molecular complexity index is 855. The number of phenols is 1. The first-order valence-electron chi connectivity index (χ1n) is 6.62. The SMILES string of the molecule is Cc1nc(-c2ccccc2O)n(-c2cccc(C(=O)O)c2)n1. The van der Waals surface area contributed by atoms with Crippen molar-refractivity contribution in [2.24, 2.45) is 0 Å². The first-order chi connectivity index (χ1) is 10.6. The molecule has 0 unspecified atom stereocenters. The zero-order valence-electron chi connectivity index (χ0n) is 11.8. The highest BCUT2D eigenvalue weighted by Gasteiger charge is 2.15. The Morgan fingerprint density at radius 3 is 2.64 bits per heavy atom. The van der Waals surface area contributed by atoms with Crippen LogP contribution in [0.3, 0.4) is 0 Å². The van der Waals surface area contributed by atoms with E-state index in [-0.39, 0.29) is 11.3 Å². The lowest BCUT2D eigenvalue weighted by atomic mass is 10.1. The van der Waals surface area contributed by atoms with Gasteiger partial charge in [0, 0.05) is 0 Å². The minimum Gasteiger partial charge on any atom is -0.507 e. The Morgan fingerprint density at radius 1 is 1.14 bits per heavy atom. The summed E-state index contributed by atoms with van der Waals surface area (Å²) < 4.78 is 1.52. The van der Waals surface area contributed by atoms with Gasteiger partial charge in [-0.05, 0) is 37.3 Å². The predicted octanol–water partition coefficient (Wildman–Crippen LogP) is 2.65. The minimum absolute atomic E-state index is 0.0885. The Hall–Kier alpha value is -3.15. The van der Waals surface area contributed by atoms with Crippen LogP contribution in [0.4, 0.5) is 0 Å². The number of carboxylic acid groups (broad SMARTS) is 1. The Labute approximate surface area is 126 Å². The summed E-state index contributed by atoms with van der Waals surface area (Å²) in [6.45, 7) is 1.74. The number of hydrogen-bond donors (Lipinski definition) is 2. The van der Waals surface area contributed by atoms with E-state index in [1.807, 2.05) is 0 Å². The molecule has 2 aromatic carbocycles. The van der Waals surface area contributed by atoms with Crippen LogP contribution >= 0.6 is 0 Å². The van der Waals surface area contributed by atoms with Crippen LogP contribution in [0.25, 0.3) is 17.1 Å². The van der Waals surface area contributed by atoms with Crippen molar-refractivity contribution >= 4 is 5.97 Å². The fraction of sp³-hybridized carbons (Fsp3) is 0.0625. The van der Waals surface area contributed by atoms with Gasteiger partial charge in [-0.25, -0.2) is 14.5 Å². The molecule has 0 aliphatic rings. The Balaban J connectivity index is 2.19. The molecule has 0 fully saturated rings. The average Bonchev–Trinajstić information content (AvgIpc) is 2.89. The topological polar surface area (TPSA) is 88.2 Å². The quantitative estimate of drug-likeness (QED) is 0.775. The summed E-state index contributed by atoms with van der Waals surface area (Å²) in [5.41, 5.74) is 1.26. The summed E-state index contributed by atoms with van der Waals surface area (Å²) >= 11 is 0. The van der Waals surface area contributed by atoms with E-state index in [0.29, 0.717) is 22.9 Å². The lowest BCUT2D eigenvalue weighted by Crippen LogP contribution is -2.03. The zero-order chi connectivity index (χ0) is 15.7. The number of aromatic carboxylic acids is 1. The standard InChI is InChI=1S/C16H13N3O3/c1-10-17-15(13-7-2-3-8-14(13)20)19(18-10)12-6-4-5-11(9-12)16(21)22/h2-9,20H,1H3,(H,21,22). The molecule has 6 heteroatoms. The molecular weight excluding hydrogens is 282 g/mol. The third-order valence-corrected chi connectivity index (χ3v) is 3.20. The van der Waals surface area contributed by atoms with E-state index in [0.717, 1.165) is 0 Å². The molecule has 0 saturated carbocycles. The highest BCUT2D eigenvalue weighted by Crippen LogP contribution is 2.29. The van der Waals surface area contributed by atoms with Crippen LogP contribution in [0, 0.1) is 6.92 Å². The summed E-state index contributed by atoms with van der Waals surface area (Å²) in [5, 5.41) is 23.4. The second-order valence-electron chi connectivity index (χ2n) is 4.77. The van der Waals surface area contributed by atoms with Crippen molar-refractivity contribution < 1.29 is 15.0 Å². The van der Waals surface area contributed by atoms with E-state index in [1.165, 1.54) is 16.8 Å². The second kappa shape index (κ2) is 5.33. The van der Waals surface area contributed by atoms with Crippen LogP contribution in [0.5, 0.6) is 5.75 Å². The van der Waals surface area contributed by atoms with Gasteiger partial charge in [-0.2, -0.15) is 5.10 Å². The fourth-order valence-corrected chi connectivity index (χ4v) is 2.20. The van der Waals surface area contributed by atoms with Crippen LogP contribution < -0.4 is 0 Å². The molecule has 0 bridgehead atoms. The van der Waals surface area contributed by atoms with Crippen molar-refractivity contribution in [1.29, 1.82) is 0 Å². The van der Waals surface area contributed by atoms with Gasteiger partial charge in [0.05, 0.1) is 16.8 Å². The van der Waals surface area contributed by atoms with Crippen molar-refractivity contribution in [3.63, 3.8) is 0 Å². The number of rotatable bonds is 3. The molecule has 0 aliphatic carbocycles. The minimum atomic E-state index is -1.01. The van der Waals surface area contributed by atoms with Crippen LogP contribution in [0.1, 0.15) is 16.2 Å². The summed E-state index contributed by atoms with van der Waals surface area (Å²) in [4.78, 5) is 15.5. The number of hydrogen-bond acceptors (Lipinski definition) is 4. The summed E-state index contributed by atoms with van der Waals surface area (Å²) in [7, 11) is 0. The number of aryl methyl sites for hydroxylation is 1. The molecule has 1 aromatic heterocycles. The third-order valence-electron chi connectivity index (χ3n) is 3.20. The molecule has 6 nitrogen and oxygen atoms in total. The molecule has 3 aromatic rings. The molecule has 1 heterocycles. The highest BCUT2D eigenvalue weighted by atomic mass is 16.4. The van der Waals surface area contributed by atoms with E-state index in [9.17, 15) is 9.90 Å². The van der Waals surface area contributed by atoms with E-state index in [1.54, 1.807) is 43.3 Å². The van der Waals surface area contributed by atoms with Gasteiger partial charge in [0.25, 0.3) is 0 Å². The summed E-state index contributed by atoms with van der Waals surface area (Å²) in [6, 6.07) is 13.2. The van der Waals surface area contributed by atoms with Gasteiger partial charge in [0.2, 0.25) is 0 Å². The lowest BCUT2D eigenvalue weighted by Gasteiger charge is -2.08. The average molecular weight is 295 g/mol. The number of phenolic OH excluding ortho intramolecular Hbond substituents is 1. The Kier molecular flexibility index (Phi) is 3.34. The van der Waals surface area contributed by atoms with Crippen LogP contribution in [0.2, 0.25) is 0 Å². The molecule has 22 heavy (non-hydrogen) atoms. The number of carbonyl (C=O) groups is 1. The smallest absolute Gasteiger partial charge is 0.335 e. The number of aromatic nitrogens is 3. The lowest BCUT2D eigenvalue weighted by molar-refractivity contribution is 0.0697. The first kappa shape index (κ1) is 13.8. The van der Waals surface area contributed by atoms with Gasteiger partial charge in [-0.15, -0.1) is 0 Å². The van der Waals surface area contributed by atoms with E-state index < -0.39 is 5.97 Å². The van der Waals surface area contributed by atoms with Gasteiger partial charge in [0.15, 0.2) is 5.82 Å². The fourth-order valence-electron chi connectivity index (χ4n) is 2.20. The van der Waals surface area contributed by atoms with Crippen molar-refractivity contribution in [3.8, 4) is 22.8 Å². The molecule has 3 rings (SSSR count). The summed E-state index contributed by atoms with van der Waals surface area (Å²) in [5.74, 6) is 0.0606. The monoisotopic (exact) mass is 295 g/mol. The molecule has 0 spiro atoms. The number of aromatic hydroxyl groups is 1. The largest absolute Gasteiger partial charge is 0.507 e. The highest BCUT2D eigenvalue weighted by molar-refractivity contribution is 5.88. The third kappa shape index (κ3) is 2.42. The van der Waals surface area contributed by atoms with Gasteiger partial charge in [0.1, 0.15) is 11.6 Å². The molecular formula is C16H13N3O3. The van der Waals surface area contributed by atoms with E-state index in [4.69, 9.17) is 5.11 Å². The number of carboxylic acids is 1. The molecule has 0 atom stereocenters. The maximum Gasteiger partial charge on any atom is 0.335 e. The second-order valence-corrected chi connectivity index (χ2v) is 4.77. The van der Waals surface area contributed by atoms with Crippen LogP contribution in [0.15, 0.2) is 48.5 Å². The van der Waals surface area contributed by atoms with Crippen LogP contribution in [-0.4, -0.2) is 30.9 Å². The maximum atomic E-state index is 11.1. The van der Waals surface area contributed by atoms with E-state index >= 15 is 0 Å². The molecule has 0 aliphatic heterocycles. The van der Waals surface area contributed by atoms with E-state index in [2.05, 4.69) is 10.1 Å². The molecule has 0 saturated heterocycles. The Morgan fingerprint density at radius 2 is 1.91 bits per heavy atom. The number of nitrogens with zero attached hydrogens (tertiary/aromatic N) is 3. The van der Waals surface area contributed by atoms with Gasteiger partial charge >= 0.3 is 5.97 Å². The predicted molar refractivity (Wildman–Crippen MR) is 80.2 cm³/mol. The first-order valence-corrected chi connectivity index (χ1v) is 6.62. The van der Waals surface area contributed by atoms with Gasteiger partial charge in [-0.1, -0.05) is 18.2 Å². The maximum absolute atomic E-state index is 11.1. The normalized spacial score (nSPS) is 10.6. The molecule has 110 valence electrons. The molecule has 2 N–H and O–H groups in total. The van der Waals surface area contributed by atoms with Gasteiger partial charge in [-0.3, -0.25) is 0 Å². The van der Waals surface area contributed by atoms with Gasteiger partial charge < -0.3 is 10.2 Å². The number of para-hydroxylation sites is 1. The molecule has 0 radical (unpaired) electrons. The van der Waals surface area contributed by atoms with Crippen molar-refractivity contribution in [3.05, 3.63) is 59.9 Å². The summed E-state index contributed by atoms with van der Waals surface area (Å²) in [6.07, 6.45) is 0. The van der Waals surface area contributed by atoms with Crippen molar-refractivity contribution in [2.75, 3.05) is 0 Å². The van der Waals surface area contributed by atoms with Crippen molar-refractivity contribution in [2.45, 2.75) is 6.92 Å². The molecule has 0 amide bonds. The number of benzene rings is 2.